The molecule has 1 saturated carbocycles. The maximum absolute atomic E-state index is 10.7. The number of carboxylic acids is 1. The minimum atomic E-state index is -0.741. The van der Waals surface area contributed by atoms with Crippen molar-refractivity contribution in [3.8, 4) is 5.75 Å². The molecule has 0 bridgehead atoms. The van der Waals surface area contributed by atoms with Crippen molar-refractivity contribution in [3.05, 3.63) is 30.7 Å². The largest absolute Gasteiger partial charge is 0.488 e. The van der Waals surface area contributed by atoms with Crippen LogP contribution >= 0.6 is 0 Å². The lowest BCUT2D eigenvalue weighted by atomic mass is 9.82. The summed E-state index contributed by atoms with van der Waals surface area (Å²) in [5.74, 6) is -0.307. The van der Waals surface area contributed by atoms with Crippen LogP contribution in [0.5, 0.6) is 5.75 Å². The third kappa shape index (κ3) is 1.88. The van der Waals surface area contributed by atoms with Crippen LogP contribution in [0.15, 0.2) is 30.7 Å². The smallest absolute Gasteiger partial charge is 0.306 e. The Bertz CT molecular complexity index is 588. The zero-order valence-corrected chi connectivity index (χ0v) is 9.61. The van der Waals surface area contributed by atoms with Gasteiger partial charge in [0.2, 0.25) is 0 Å². The van der Waals surface area contributed by atoms with Crippen LogP contribution in [0.3, 0.4) is 0 Å². The first-order chi connectivity index (χ1) is 8.74. The molecule has 92 valence electrons. The quantitative estimate of drug-likeness (QED) is 0.892. The topological polar surface area (TPSA) is 72.3 Å². The van der Waals surface area contributed by atoms with Gasteiger partial charge in [0.15, 0.2) is 0 Å². The molecule has 3 rings (SSSR count). The highest BCUT2D eigenvalue weighted by molar-refractivity contribution is 5.83. The third-order valence-electron chi connectivity index (χ3n) is 3.24. The average Bonchev–Trinajstić information content (AvgIpc) is 2.33. The molecule has 5 nitrogen and oxygen atoms in total. The number of aliphatic carboxylic acids is 1. The Morgan fingerprint density at radius 1 is 1.39 bits per heavy atom. The van der Waals surface area contributed by atoms with E-state index in [4.69, 9.17) is 9.84 Å². The molecular weight excluding hydrogens is 232 g/mol. The van der Waals surface area contributed by atoms with Gasteiger partial charge in [0, 0.05) is 11.6 Å². The second-order valence-corrected chi connectivity index (χ2v) is 4.46. The highest BCUT2D eigenvalue weighted by Crippen LogP contribution is 2.33. The number of hydrogen-bond donors (Lipinski definition) is 1. The molecule has 1 aromatic heterocycles. The molecular formula is C13H12N2O3. The van der Waals surface area contributed by atoms with Crippen LogP contribution in [0.1, 0.15) is 12.8 Å². The van der Waals surface area contributed by atoms with E-state index >= 15 is 0 Å². The van der Waals surface area contributed by atoms with Crippen LogP contribution in [0.4, 0.5) is 0 Å². The molecule has 1 aliphatic carbocycles. The molecule has 1 aliphatic rings. The molecule has 0 radical (unpaired) electrons. The van der Waals surface area contributed by atoms with Gasteiger partial charge < -0.3 is 9.84 Å². The molecule has 0 spiro atoms. The standard InChI is InChI=1S/C13H12N2O3/c16-13(17)9-4-10(5-9)18-11-3-1-2-8-6-14-7-15-12(8)11/h1-3,6-7,9-10H,4-5H2,(H,16,17). The highest BCUT2D eigenvalue weighted by atomic mass is 16.5. The van der Waals surface area contributed by atoms with Gasteiger partial charge in [-0.15, -0.1) is 0 Å². The molecule has 1 N–H and O–H groups in total. The van der Waals surface area contributed by atoms with Crippen molar-refractivity contribution in [2.75, 3.05) is 0 Å². The lowest BCUT2D eigenvalue weighted by Crippen LogP contribution is -2.38. The van der Waals surface area contributed by atoms with E-state index < -0.39 is 5.97 Å². The van der Waals surface area contributed by atoms with Gasteiger partial charge in [-0.25, -0.2) is 9.97 Å². The van der Waals surface area contributed by atoms with Gasteiger partial charge in [0.1, 0.15) is 23.7 Å². The zero-order valence-electron chi connectivity index (χ0n) is 9.61. The number of fused-ring (bicyclic) bond motifs is 1. The van der Waals surface area contributed by atoms with E-state index in [9.17, 15) is 4.79 Å². The van der Waals surface area contributed by atoms with Crippen LogP contribution in [-0.2, 0) is 4.79 Å². The van der Waals surface area contributed by atoms with Crippen LogP contribution in [-0.4, -0.2) is 27.1 Å². The van der Waals surface area contributed by atoms with E-state index in [0.29, 0.717) is 18.6 Å². The fourth-order valence-corrected chi connectivity index (χ4v) is 2.12. The highest BCUT2D eigenvalue weighted by Gasteiger charge is 2.36. The molecule has 5 heteroatoms. The minimum absolute atomic E-state index is 0.0216. The first-order valence-corrected chi connectivity index (χ1v) is 5.82. The van der Waals surface area contributed by atoms with E-state index in [1.54, 1.807) is 6.20 Å². The van der Waals surface area contributed by atoms with Crippen LogP contribution in [0.2, 0.25) is 0 Å². The summed E-state index contributed by atoms with van der Waals surface area (Å²) in [6.45, 7) is 0. The normalized spacial score (nSPS) is 22.4. The second-order valence-electron chi connectivity index (χ2n) is 4.46. The van der Waals surface area contributed by atoms with Crippen molar-refractivity contribution < 1.29 is 14.6 Å². The van der Waals surface area contributed by atoms with E-state index in [-0.39, 0.29) is 12.0 Å². The molecule has 0 unspecified atom stereocenters. The number of carbonyl (C=O) groups is 1. The van der Waals surface area contributed by atoms with Crippen molar-refractivity contribution in [3.63, 3.8) is 0 Å². The molecule has 2 aromatic rings. The number of aromatic nitrogens is 2. The average molecular weight is 244 g/mol. The van der Waals surface area contributed by atoms with Gasteiger partial charge in [-0.1, -0.05) is 12.1 Å². The van der Waals surface area contributed by atoms with Gasteiger partial charge >= 0.3 is 5.97 Å². The molecule has 0 amide bonds. The lowest BCUT2D eigenvalue weighted by molar-refractivity contribution is -0.147. The van der Waals surface area contributed by atoms with Crippen molar-refractivity contribution in [1.29, 1.82) is 0 Å². The maximum atomic E-state index is 10.7. The summed E-state index contributed by atoms with van der Waals surface area (Å²) in [4.78, 5) is 18.9. The Balaban J connectivity index is 1.78. The maximum Gasteiger partial charge on any atom is 0.306 e. The van der Waals surface area contributed by atoms with Gasteiger partial charge in [-0.3, -0.25) is 4.79 Å². The summed E-state index contributed by atoms with van der Waals surface area (Å²) in [5, 5.41) is 9.73. The van der Waals surface area contributed by atoms with E-state index in [1.807, 2.05) is 18.2 Å². The number of nitrogens with zero attached hydrogens (tertiary/aromatic N) is 2. The SMILES string of the molecule is O=C(O)C1CC(Oc2cccc3cncnc23)C1. The summed E-state index contributed by atoms with van der Waals surface area (Å²) in [7, 11) is 0. The summed E-state index contributed by atoms with van der Waals surface area (Å²) in [6, 6.07) is 5.65. The van der Waals surface area contributed by atoms with Crippen LogP contribution in [0, 0.1) is 5.92 Å². The number of para-hydroxylation sites is 1. The van der Waals surface area contributed by atoms with E-state index in [1.165, 1.54) is 6.33 Å². The molecule has 0 saturated heterocycles. The number of carboxylic acid groups (broad SMARTS) is 1. The molecule has 1 heterocycles. The fraction of sp³-hybridized carbons (Fsp3) is 0.308. The Labute approximate surface area is 103 Å². The fourth-order valence-electron chi connectivity index (χ4n) is 2.12. The summed E-state index contributed by atoms with van der Waals surface area (Å²) in [6.07, 6.45) is 4.33. The molecule has 0 atom stereocenters. The monoisotopic (exact) mass is 244 g/mol. The summed E-state index contributed by atoms with van der Waals surface area (Å²) >= 11 is 0. The Hall–Kier alpha value is -2.17. The Kier molecular flexibility index (Phi) is 2.59. The second kappa shape index (κ2) is 4.25. The number of rotatable bonds is 3. The minimum Gasteiger partial charge on any atom is -0.488 e. The molecule has 1 aromatic carbocycles. The Morgan fingerprint density at radius 2 is 2.22 bits per heavy atom. The van der Waals surface area contributed by atoms with Gasteiger partial charge in [-0.2, -0.15) is 0 Å². The first-order valence-electron chi connectivity index (χ1n) is 5.82. The molecule has 1 fully saturated rings. The van der Waals surface area contributed by atoms with Crippen molar-refractivity contribution in [2.45, 2.75) is 18.9 Å². The number of benzene rings is 1. The summed E-state index contributed by atoms with van der Waals surface area (Å²) < 4.78 is 5.79. The van der Waals surface area contributed by atoms with E-state index in [2.05, 4.69) is 9.97 Å². The van der Waals surface area contributed by atoms with Crippen molar-refractivity contribution in [2.24, 2.45) is 5.92 Å². The predicted octanol–water partition coefficient (Wildman–Crippen LogP) is 1.87. The van der Waals surface area contributed by atoms with Gasteiger partial charge in [0.05, 0.1) is 5.92 Å². The molecule has 18 heavy (non-hydrogen) atoms. The van der Waals surface area contributed by atoms with Crippen molar-refractivity contribution in [1.82, 2.24) is 9.97 Å². The number of ether oxygens (including phenoxy) is 1. The Morgan fingerprint density at radius 3 is 3.00 bits per heavy atom. The van der Waals surface area contributed by atoms with Gasteiger partial charge in [0.25, 0.3) is 0 Å². The number of hydrogen-bond acceptors (Lipinski definition) is 4. The van der Waals surface area contributed by atoms with E-state index in [0.717, 1.165) is 10.9 Å². The predicted molar refractivity (Wildman–Crippen MR) is 64.3 cm³/mol. The third-order valence-corrected chi connectivity index (χ3v) is 3.24. The van der Waals surface area contributed by atoms with Crippen LogP contribution in [0.25, 0.3) is 10.9 Å². The van der Waals surface area contributed by atoms with Gasteiger partial charge in [-0.05, 0) is 18.9 Å². The van der Waals surface area contributed by atoms with Crippen molar-refractivity contribution >= 4 is 16.9 Å². The molecule has 0 aliphatic heterocycles. The first kappa shape index (κ1) is 11.0. The summed E-state index contributed by atoms with van der Waals surface area (Å²) in [5.41, 5.74) is 0.770. The lowest BCUT2D eigenvalue weighted by Gasteiger charge is -2.32. The van der Waals surface area contributed by atoms with Crippen LogP contribution < -0.4 is 4.74 Å². The zero-order chi connectivity index (χ0) is 12.5.